The molecule has 0 fully saturated rings. The number of rotatable bonds is 3. The van der Waals surface area contributed by atoms with E-state index in [-0.39, 0.29) is 17.0 Å². The van der Waals surface area contributed by atoms with Crippen LogP contribution in [0.5, 0.6) is 0 Å². The second-order valence-corrected chi connectivity index (χ2v) is 1.87. The lowest BCUT2D eigenvalue weighted by Crippen LogP contribution is -2.35. The van der Waals surface area contributed by atoms with Crippen LogP contribution in [0, 0.1) is 0 Å². The van der Waals surface area contributed by atoms with E-state index >= 15 is 0 Å². The Labute approximate surface area is 71.6 Å². The summed E-state index contributed by atoms with van der Waals surface area (Å²) < 4.78 is 0. The van der Waals surface area contributed by atoms with Crippen molar-refractivity contribution in [3.8, 4) is 0 Å². The highest BCUT2D eigenvalue weighted by molar-refractivity contribution is 8.93. The minimum atomic E-state index is 0. The van der Waals surface area contributed by atoms with Crippen LogP contribution in [0.4, 0.5) is 0 Å². The SMILES string of the molecule is Br.C=CCNN1C=NCC1. The summed E-state index contributed by atoms with van der Waals surface area (Å²) in [5, 5.41) is 1.96. The van der Waals surface area contributed by atoms with Crippen LogP contribution in [-0.4, -0.2) is 31.0 Å². The minimum absolute atomic E-state index is 0. The average molecular weight is 206 g/mol. The Balaban J connectivity index is 0.000000810. The number of hydrazine groups is 1. The Hall–Kier alpha value is -0.350. The predicted octanol–water partition coefficient (Wildman–Crippen LogP) is 0.599. The third kappa shape index (κ3) is 2.98. The molecule has 10 heavy (non-hydrogen) atoms. The molecule has 0 saturated carbocycles. The second kappa shape index (κ2) is 5.44. The molecule has 3 nitrogen and oxygen atoms in total. The van der Waals surface area contributed by atoms with Gasteiger partial charge in [-0.3, -0.25) is 10.0 Å². The largest absolute Gasteiger partial charge is 0.296 e. The van der Waals surface area contributed by atoms with Crippen LogP contribution in [0.2, 0.25) is 0 Å². The van der Waals surface area contributed by atoms with E-state index in [1.165, 1.54) is 0 Å². The Kier molecular flexibility index (Phi) is 5.25. The number of hydrogen-bond donors (Lipinski definition) is 1. The molecule has 0 amide bonds. The summed E-state index contributed by atoms with van der Waals surface area (Å²) in [6.45, 7) is 6.29. The van der Waals surface area contributed by atoms with E-state index < -0.39 is 0 Å². The molecule has 0 aromatic rings. The van der Waals surface area contributed by atoms with E-state index in [0.29, 0.717) is 0 Å². The van der Waals surface area contributed by atoms with E-state index in [1.54, 1.807) is 0 Å². The molecule has 1 heterocycles. The van der Waals surface area contributed by atoms with Crippen LogP contribution < -0.4 is 5.43 Å². The molecule has 1 aliphatic heterocycles. The van der Waals surface area contributed by atoms with Gasteiger partial charge in [0, 0.05) is 6.54 Å². The molecule has 1 rings (SSSR count). The van der Waals surface area contributed by atoms with Gasteiger partial charge in [0.15, 0.2) is 0 Å². The Bertz CT molecular complexity index is 124. The van der Waals surface area contributed by atoms with Gasteiger partial charge in [-0.1, -0.05) is 6.08 Å². The fourth-order valence-corrected chi connectivity index (χ4v) is 0.681. The number of aliphatic imine (C=N–C) groups is 1. The summed E-state index contributed by atoms with van der Waals surface area (Å²) in [6.07, 6.45) is 3.63. The standard InChI is InChI=1S/C6H11N3.BrH/c1-2-3-8-9-5-4-7-6-9;/h2,6,8H,1,3-5H2;1H. The van der Waals surface area contributed by atoms with Gasteiger partial charge < -0.3 is 0 Å². The topological polar surface area (TPSA) is 27.6 Å². The quantitative estimate of drug-likeness (QED) is 0.684. The van der Waals surface area contributed by atoms with Crippen molar-refractivity contribution in [1.82, 2.24) is 10.4 Å². The highest BCUT2D eigenvalue weighted by Crippen LogP contribution is 1.86. The van der Waals surface area contributed by atoms with Gasteiger partial charge >= 0.3 is 0 Å². The van der Waals surface area contributed by atoms with E-state index in [9.17, 15) is 0 Å². The van der Waals surface area contributed by atoms with Gasteiger partial charge in [-0.05, 0) is 0 Å². The molecule has 0 unspecified atom stereocenters. The normalized spacial score (nSPS) is 15.0. The molecule has 1 aliphatic rings. The molecule has 0 aromatic heterocycles. The first-order valence-electron chi connectivity index (χ1n) is 3.04. The summed E-state index contributed by atoms with van der Waals surface area (Å²) >= 11 is 0. The molecule has 4 heteroatoms. The molecule has 0 saturated heterocycles. The third-order valence-corrected chi connectivity index (χ3v) is 1.13. The van der Waals surface area contributed by atoms with Gasteiger partial charge in [-0.15, -0.1) is 23.6 Å². The van der Waals surface area contributed by atoms with Gasteiger partial charge in [0.2, 0.25) is 0 Å². The highest BCUT2D eigenvalue weighted by Gasteiger charge is 2.00. The summed E-state index contributed by atoms with van der Waals surface area (Å²) in [5.74, 6) is 0. The van der Waals surface area contributed by atoms with Gasteiger partial charge in [0.1, 0.15) is 0 Å². The molecule has 58 valence electrons. The average Bonchev–Trinajstić information content (AvgIpc) is 2.34. The monoisotopic (exact) mass is 205 g/mol. The lowest BCUT2D eigenvalue weighted by molar-refractivity contribution is 0.362. The molecule has 1 N–H and O–H groups in total. The first kappa shape index (κ1) is 9.65. The smallest absolute Gasteiger partial charge is 0.0993 e. The zero-order valence-corrected chi connectivity index (χ0v) is 7.50. The lowest BCUT2D eigenvalue weighted by atomic mass is 10.6. The Morgan fingerprint density at radius 3 is 3.10 bits per heavy atom. The van der Waals surface area contributed by atoms with Crippen molar-refractivity contribution in [2.45, 2.75) is 0 Å². The maximum Gasteiger partial charge on any atom is 0.0993 e. The number of halogens is 1. The van der Waals surface area contributed by atoms with E-state index in [4.69, 9.17) is 0 Å². The highest BCUT2D eigenvalue weighted by atomic mass is 79.9. The van der Waals surface area contributed by atoms with Crippen molar-refractivity contribution in [2.75, 3.05) is 19.6 Å². The molecule has 0 aliphatic carbocycles. The third-order valence-electron chi connectivity index (χ3n) is 1.13. The number of hydrogen-bond acceptors (Lipinski definition) is 3. The molecule has 0 aromatic carbocycles. The van der Waals surface area contributed by atoms with Crippen LogP contribution in [0.15, 0.2) is 17.6 Å². The van der Waals surface area contributed by atoms with Crippen LogP contribution in [0.3, 0.4) is 0 Å². The maximum atomic E-state index is 4.02. The van der Waals surface area contributed by atoms with Gasteiger partial charge in [-0.2, -0.15) is 0 Å². The van der Waals surface area contributed by atoms with Crippen molar-refractivity contribution in [1.29, 1.82) is 0 Å². The number of nitrogens with one attached hydrogen (secondary N) is 1. The lowest BCUT2D eigenvalue weighted by Gasteiger charge is -2.12. The molecular weight excluding hydrogens is 194 g/mol. The van der Waals surface area contributed by atoms with Crippen molar-refractivity contribution in [3.05, 3.63) is 12.7 Å². The minimum Gasteiger partial charge on any atom is -0.296 e. The Morgan fingerprint density at radius 2 is 2.60 bits per heavy atom. The van der Waals surface area contributed by atoms with Crippen LogP contribution >= 0.6 is 17.0 Å². The summed E-state index contributed by atoms with van der Waals surface area (Å²) in [7, 11) is 0. The van der Waals surface area contributed by atoms with Gasteiger partial charge in [0.25, 0.3) is 0 Å². The Morgan fingerprint density at radius 1 is 1.80 bits per heavy atom. The maximum absolute atomic E-state index is 4.02. The zero-order valence-electron chi connectivity index (χ0n) is 5.79. The fourth-order valence-electron chi connectivity index (χ4n) is 0.681. The summed E-state index contributed by atoms with van der Waals surface area (Å²) in [6, 6.07) is 0. The molecule has 0 bridgehead atoms. The molecule has 0 atom stereocenters. The van der Waals surface area contributed by atoms with Crippen LogP contribution in [0.1, 0.15) is 0 Å². The van der Waals surface area contributed by atoms with E-state index in [2.05, 4.69) is 17.0 Å². The number of nitrogens with zero attached hydrogens (tertiary/aromatic N) is 2. The van der Waals surface area contributed by atoms with E-state index in [1.807, 2.05) is 17.4 Å². The zero-order chi connectivity index (χ0) is 6.53. The van der Waals surface area contributed by atoms with Crippen molar-refractivity contribution < 1.29 is 0 Å². The van der Waals surface area contributed by atoms with Crippen LogP contribution in [-0.2, 0) is 0 Å². The van der Waals surface area contributed by atoms with Crippen molar-refractivity contribution >= 4 is 23.3 Å². The second-order valence-electron chi connectivity index (χ2n) is 1.87. The molecule has 0 spiro atoms. The van der Waals surface area contributed by atoms with E-state index in [0.717, 1.165) is 19.6 Å². The van der Waals surface area contributed by atoms with Gasteiger partial charge in [-0.25, -0.2) is 5.43 Å². The summed E-state index contributed by atoms with van der Waals surface area (Å²) in [4.78, 5) is 4.02. The fraction of sp³-hybridized carbons (Fsp3) is 0.500. The molecular formula is C6H12BrN3. The first-order chi connectivity index (χ1) is 4.43. The first-order valence-corrected chi connectivity index (χ1v) is 3.04. The van der Waals surface area contributed by atoms with Crippen molar-refractivity contribution in [2.24, 2.45) is 4.99 Å². The predicted molar refractivity (Wildman–Crippen MR) is 48.6 cm³/mol. The van der Waals surface area contributed by atoms with Crippen LogP contribution in [0.25, 0.3) is 0 Å². The van der Waals surface area contributed by atoms with Gasteiger partial charge in [0.05, 0.1) is 19.4 Å². The van der Waals surface area contributed by atoms with Crippen molar-refractivity contribution in [3.63, 3.8) is 0 Å². The molecule has 0 radical (unpaired) electrons. The summed E-state index contributed by atoms with van der Waals surface area (Å²) in [5.41, 5.74) is 3.10.